The van der Waals surface area contributed by atoms with Gasteiger partial charge in [-0.3, -0.25) is 4.79 Å². The van der Waals surface area contributed by atoms with Crippen molar-refractivity contribution >= 4 is 15.9 Å². The topological polar surface area (TPSA) is 122 Å². The molecule has 3 heterocycles. The highest BCUT2D eigenvalue weighted by Crippen LogP contribution is 2.27. The average Bonchev–Trinajstić information content (AvgIpc) is 3.08. The van der Waals surface area contributed by atoms with Crippen molar-refractivity contribution in [2.24, 2.45) is 0 Å². The molecule has 1 aliphatic rings. The number of carbonyl (C=O) groups is 1. The SMILES string of the molecule is Cc1ccc(O)c(S(=O)(=O)N2CCN(C(=O)Cc3c(C)nn(-c4nc(C)cc(C)n4)c3C)CC2)c1. The van der Waals surface area contributed by atoms with Gasteiger partial charge in [-0.25, -0.2) is 23.1 Å². The van der Waals surface area contributed by atoms with Crippen molar-refractivity contribution in [3.05, 3.63) is 58.2 Å². The molecular formula is C24H30N6O4S. The Morgan fingerprint density at radius 2 is 1.60 bits per heavy atom. The molecule has 11 heteroatoms. The van der Waals surface area contributed by atoms with Crippen LogP contribution in [0.3, 0.4) is 0 Å². The van der Waals surface area contributed by atoms with Crippen LogP contribution in [-0.2, 0) is 21.2 Å². The number of aromatic nitrogens is 4. The highest BCUT2D eigenvalue weighted by Gasteiger charge is 2.32. The van der Waals surface area contributed by atoms with Gasteiger partial charge in [0.25, 0.3) is 5.95 Å². The van der Waals surface area contributed by atoms with Gasteiger partial charge < -0.3 is 10.0 Å². The Labute approximate surface area is 205 Å². The summed E-state index contributed by atoms with van der Waals surface area (Å²) in [6, 6.07) is 6.39. The lowest BCUT2D eigenvalue weighted by Crippen LogP contribution is -2.50. The first-order chi connectivity index (χ1) is 16.5. The molecule has 1 aromatic carbocycles. The Hall–Kier alpha value is -3.31. The molecule has 0 radical (unpaired) electrons. The predicted octanol–water partition coefficient (Wildman–Crippen LogP) is 1.99. The van der Waals surface area contributed by atoms with E-state index in [0.717, 1.165) is 33.9 Å². The third-order valence-electron chi connectivity index (χ3n) is 6.25. The molecular weight excluding hydrogens is 468 g/mol. The maximum absolute atomic E-state index is 13.1. The van der Waals surface area contributed by atoms with Crippen LogP contribution < -0.4 is 0 Å². The minimum Gasteiger partial charge on any atom is -0.507 e. The largest absolute Gasteiger partial charge is 0.507 e. The lowest BCUT2D eigenvalue weighted by atomic mass is 10.1. The molecule has 1 saturated heterocycles. The molecule has 186 valence electrons. The summed E-state index contributed by atoms with van der Waals surface area (Å²) >= 11 is 0. The van der Waals surface area contributed by atoms with Crippen LogP contribution in [0.4, 0.5) is 0 Å². The van der Waals surface area contributed by atoms with E-state index in [1.165, 1.54) is 16.4 Å². The van der Waals surface area contributed by atoms with E-state index in [1.54, 1.807) is 22.6 Å². The Morgan fingerprint density at radius 1 is 0.971 bits per heavy atom. The van der Waals surface area contributed by atoms with E-state index in [1.807, 2.05) is 33.8 Å². The van der Waals surface area contributed by atoms with Crippen LogP contribution in [0.2, 0.25) is 0 Å². The lowest BCUT2D eigenvalue weighted by Gasteiger charge is -2.34. The number of rotatable bonds is 5. The summed E-state index contributed by atoms with van der Waals surface area (Å²) < 4.78 is 29.1. The second-order valence-corrected chi connectivity index (χ2v) is 10.9. The molecule has 1 fully saturated rings. The summed E-state index contributed by atoms with van der Waals surface area (Å²) in [6.07, 6.45) is 0.161. The summed E-state index contributed by atoms with van der Waals surface area (Å²) in [4.78, 5) is 23.6. The van der Waals surface area contributed by atoms with Gasteiger partial charge in [-0.05, 0) is 58.4 Å². The molecule has 1 N–H and O–H groups in total. The van der Waals surface area contributed by atoms with E-state index in [2.05, 4.69) is 15.1 Å². The summed E-state index contributed by atoms with van der Waals surface area (Å²) in [7, 11) is -3.85. The summed E-state index contributed by atoms with van der Waals surface area (Å²) in [6.45, 7) is 10.2. The van der Waals surface area contributed by atoms with E-state index in [-0.39, 0.29) is 49.2 Å². The number of nitrogens with zero attached hydrogens (tertiary/aromatic N) is 6. The molecule has 0 atom stereocenters. The fourth-order valence-corrected chi connectivity index (χ4v) is 5.92. The first-order valence-electron chi connectivity index (χ1n) is 11.4. The number of phenols is 1. The minimum absolute atomic E-state index is 0.0902. The quantitative estimate of drug-likeness (QED) is 0.571. The predicted molar refractivity (Wildman–Crippen MR) is 130 cm³/mol. The molecule has 1 aliphatic heterocycles. The number of phenolic OH excluding ortho intramolecular Hbond substituents is 1. The Bertz CT molecular complexity index is 1370. The normalized spacial score (nSPS) is 14.9. The monoisotopic (exact) mass is 498 g/mol. The lowest BCUT2D eigenvalue weighted by molar-refractivity contribution is -0.131. The van der Waals surface area contributed by atoms with Crippen LogP contribution in [0.25, 0.3) is 5.95 Å². The zero-order valence-corrected chi connectivity index (χ0v) is 21.4. The molecule has 3 aromatic rings. The summed E-state index contributed by atoms with van der Waals surface area (Å²) in [5, 5.41) is 14.6. The summed E-state index contributed by atoms with van der Waals surface area (Å²) in [5.41, 5.74) is 4.77. The van der Waals surface area contributed by atoms with Crippen LogP contribution in [0.5, 0.6) is 5.75 Å². The van der Waals surface area contributed by atoms with Gasteiger partial charge in [-0.1, -0.05) is 6.07 Å². The van der Waals surface area contributed by atoms with Crippen molar-refractivity contribution in [2.45, 2.75) is 45.9 Å². The van der Waals surface area contributed by atoms with Gasteiger partial charge in [0, 0.05) is 48.8 Å². The van der Waals surface area contributed by atoms with Crippen LogP contribution in [-0.4, -0.2) is 74.6 Å². The second kappa shape index (κ2) is 9.38. The van der Waals surface area contributed by atoms with Crippen LogP contribution >= 0.6 is 0 Å². The van der Waals surface area contributed by atoms with Crippen LogP contribution in [0.1, 0.15) is 33.9 Å². The van der Waals surface area contributed by atoms with Gasteiger partial charge in [0.2, 0.25) is 15.9 Å². The van der Waals surface area contributed by atoms with Crippen LogP contribution in [0.15, 0.2) is 29.2 Å². The molecule has 0 unspecified atom stereocenters. The van der Waals surface area contributed by atoms with Gasteiger partial charge in [-0.2, -0.15) is 9.40 Å². The molecule has 4 rings (SSSR count). The summed E-state index contributed by atoms with van der Waals surface area (Å²) in [5.74, 6) is 0.109. The first kappa shape index (κ1) is 24.8. The molecule has 35 heavy (non-hydrogen) atoms. The number of sulfonamides is 1. The average molecular weight is 499 g/mol. The Morgan fingerprint density at radius 3 is 2.23 bits per heavy atom. The molecule has 0 bridgehead atoms. The number of aromatic hydroxyl groups is 1. The number of hydrogen-bond donors (Lipinski definition) is 1. The van der Waals surface area contributed by atoms with Gasteiger partial charge in [0.1, 0.15) is 10.6 Å². The van der Waals surface area contributed by atoms with Gasteiger partial charge in [-0.15, -0.1) is 0 Å². The van der Waals surface area contributed by atoms with E-state index in [9.17, 15) is 18.3 Å². The zero-order chi connectivity index (χ0) is 25.5. The van der Waals surface area contributed by atoms with E-state index < -0.39 is 10.0 Å². The highest BCUT2D eigenvalue weighted by atomic mass is 32.2. The standard InChI is InChI=1S/C24H30N6O4S/c1-15-6-7-21(31)22(12-15)35(33,34)29-10-8-28(9-11-29)23(32)14-20-18(4)27-30(19(20)5)24-25-16(2)13-17(3)26-24/h6-7,12-13,31H,8-11,14H2,1-5H3. The van der Waals surface area contributed by atoms with E-state index in [4.69, 9.17) is 0 Å². The number of carbonyl (C=O) groups excluding carboxylic acids is 1. The van der Waals surface area contributed by atoms with Crippen LogP contribution in [0, 0.1) is 34.6 Å². The molecule has 0 aliphatic carbocycles. The number of amides is 1. The van der Waals surface area contributed by atoms with E-state index in [0.29, 0.717) is 5.95 Å². The van der Waals surface area contributed by atoms with Crippen molar-refractivity contribution in [2.75, 3.05) is 26.2 Å². The maximum Gasteiger partial charge on any atom is 0.251 e. The van der Waals surface area contributed by atoms with Gasteiger partial charge >= 0.3 is 0 Å². The highest BCUT2D eigenvalue weighted by molar-refractivity contribution is 7.89. The molecule has 1 amide bonds. The number of hydrogen-bond acceptors (Lipinski definition) is 7. The molecule has 2 aromatic heterocycles. The zero-order valence-electron chi connectivity index (χ0n) is 20.6. The molecule has 10 nitrogen and oxygen atoms in total. The fourth-order valence-electron chi connectivity index (χ4n) is 4.34. The Balaban J connectivity index is 1.46. The Kier molecular flexibility index (Phi) is 6.65. The fraction of sp³-hybridized carbons (Fsp3) is 0.417. The van der Waals surface area contributed by atoms with Crippen molar-refractivity contribution in [1.82, 2.24) is 29.0 Å². The molecule has 0 saturated carbocycles. The second-order valence-electron chi connectivity index (χ2n) is 8.94. The van der Waals surface area contributed by atoms with Crippen molar-refractivity contribution < 1.29 is 18.3 Å². The molecule has 0 spiro atoms. The van der Waals surface area contributed by atoms with Gasteiger partial charge in [0.15, 0.2) is 0 Å². The van der Waals surface area contributed by atoms with Crippen molar-refractivity contribution in [3.8, 4) is 11.7 Å². The third kappa shape index (κ3) is 4.92. The smallest absolute Gasteiger partial charge is 0.251 e. The third-order valence-corrected chi connectivity index (χ3v) is 8.18. The number of aryl methyl sites for hydroxylation is 4. The first-order valence-corrected chi connectivity index (χ1v) is 12.9. The van der Waals surface area contributed by atoms with Crippen molar-refractivity contribution in [3.63, 3.8) is 0 Å². The van der Waals surface area contributed by atoms with Crippen molar-refractivity contribution in [1.29, 1.82) is 0 Å². The minimum atomic E-state index is -3.85. The van der Waals surface area contributed by atoms with E-state index >= 15 is 0 Å². The number of benzene rings is 1. The number of piperazine rings is 1. The maximum atomic E-state index is 13.1. The van der Waals surface area contributed by atoms with Gasteiger partial charge in [0.05, 0.1) is 12.1 Å².